The summed E-state index contributed by atoms with van der Waals surface area (Å²) in [4.78, 5) is 14.8. The van der Waals surface area contributed by atoms with Crippen molar-refractivity contribution in [2.75, 3.05) is 13.2 Å². The predicted molar refractivity (Wildman–Crippen MR) is 94.0 cm³/mol. The van der Waals surface area contributed by atoms with E-state index in [1.54, 1.807) is 0 Å². The third-order valence-electron chi connectivity index (χ3n) is 4.56. The molecule has 126 valence electrons. The van der Waals surface area contributed by atoms with Crippen LogP contribution in [0.4, 0.5) is 0 Å². The summed E-state index contributed by atoms with van der Waals surface area (Å²) < 4.78 is 5.32. The number of unbranched alkanes of at least 4 members (excludes halogenated alkanes) is 1. The van der Waals surface area contributed by atoms with Crippen molar-refractivity contribution < 1.29 is 9.53 Å². The second-order valence-corrected chi connectivity index (χ2v) is 6.13. The van der Waals surface area contributed by atoms with Crippen LogP contribution in [0.15, 0.2) is 41.6 Å². The van der Waals surface area contributed by atoms with E-state index in [0.29, 0.717) is 12.6 Å². The normalized spacial score (nSPS) is 18.0. The lowest BCUT2D eigenvalue weighted by atomic mass is 10.0. The number of allylic oxidation sites excluding steroid dienone is 1. The Morgan fingerprint density at radius 1 is 1.26 bits per heavy atom. The van der Waals surface area contributed by atoms with Gasteiger partial charge in [-0.1, -0.05) is 43.7 Å². The molecule has 1 aliphatic heterocycles. The van der Waals surface area contributed by atoms with E-state index in [0.717, 1.165) is 44.2 Å². The Hall–Kier alpha value is -1.77. The lowest BCUT2D eigenvalue weighted by Crippen LogP contribution is -2.25. The van der Waals surface area contributed by atoms with Crippen LogP contribution < -0.4 is 0 Å². The van der Waals surface area contributed by atoms with Crippen molar-refractivity contribution in [1.82, 2.24) is 4.90 Å². The topological polar surface area (TPSA) is 29.5 Å². The standard InChI is InChI=1S/C20H29NO2/c1-4-6-13-18(20(22)23-5-2)19-14-10-15-21(19)16(3)17-11-8-7-9-12-17/h7-9,11-12,16H,4-6,10,13-15H2,1-3H3/b19-18-/t16-/m0/s1. The molecular weight excluding hydrogens is 286 g/mol. The average molecular weight is 315 g/mol. The van der Waals surface area contributed by atoms with Crippen LogP contribution in [0.25, 0.3) is 0 Å². The van der Waals surface area contributed by atoms with Gasteiger partial charge in [-0.25, -0.2) is 4.79 Å². The molecule has 1 aliphatic rings. The van der Waals surface area contributed by atoms with E-state index in [4.69, 9.17) is 4.74 Å². The maximum Gasteiger partial charge on any atom is 0.335 e. The first-order chi connectivity index (χ1) is 11.2. The van der Waals surface area contributed by atoms with Gasteiger partial charge in [-0.05, 0) is 45.1 Å². The summed E-state index contributed by atoms with van der Waals surface area (Å²) in [7, 11) is 0. The fourth-order valence-electron chi connectivity index (χ4n) is 3.29. The number of carbonyl (C=O) groups is 1. The third kappa shape index (κ3) is 4.37. The van der Waals surface area contributed by atoms with E-state index in [9.17, 15) is 4.79 Å². The van der Waals surface area contributed by atoms with Crippen molar-refractivity contribution in [2.45, 2.75) is 58.9 Å². The number of hydrogen-bond acceptors (Lipinski definition) is 3. The first-order valence-corrected chi connectivity index (χ1v) is 8.89. The van der Waals surface area contributed by atoms with Crippen molar-refractivity contribution in [3.63, 3.8) is 0 Å². The number of rotatable bonds is 7. The third-order valence-corrected chi connectivity index (χ3v) is 4.56. The van der Waals surface area contributed by atoms with Crippen LogP contribution >= 0.6 is 0 Å². The second-order valence-electron chi connectivity index (χ2n) is 6.13. The number of hydrogen-bond donors (Lipinski definition) is 0. The lowest BCUT2D eigenvalue weighted by Gasteiger charge is -2.30. The zero-order valence-electron chi connectivity index (χ0n) is 14.7. The molecule has 1 aromatic rings. The molecule has 23 heavy (non-hydrogen) atoms. The Morgan fingerprint density at radius 2 is 2.00 bits per heavy atom. The van der Waals surface area contributed by atoms with Gasteiger partial charge in [0.1, 0.15) is 0 Å². The van der Waals surface area contributed by atoms with Crippen molar-refractivity contribution >= 4 is 5.97 Å². The SMILES string of the molecule is CCCC/C(C(=O)OCC)=C1\CCCN1[C@@H](C)c1ccccc1. The average Bonchev–Trinajstić information content (AvgIpc) is 3.05. The first kappa shape index (κ1) is 17.6. The molecule has 1 heterocycles. The zero-order valence-corrected chi connectivity index (χ0v) is 14.7. The Morgan fingerprint density at radius 3 is 2.65 bits per heavy atom. The Kier molecular flexibility index (Phi) is 6.69. The number of benzene rings is 1. The first-order valence-electron chi connectivity index (χ1n) is 8.89. The van der Waals surface area contributed by atoms with Gasteiger partial charge in [0.2, 0.25) is 0 Å². The summed E-state index contributed by atoms with van der Waals surface area (Å²) >= 11 is 0. The van der Waals surface area contributed by atoms with Crippen molar-refractivity contribution in [2.24, 2.45) is 0 Å². The number of likely N-dealkylation sites (tertiary alicyclic amines) is 1. The second kappa shape index (κ2) is 8.76. The summed E-state index contributed by atoms with van der Waals surface area (Å²) in [6.07, 6.45) is 5.04. The monoisotopic (exact) mass is 315 g/mol. The van der Waals surface area contributed by atoms with Gasteiger partial charge in [0.15, 0.2) is 0 Å². The Labute approximate surface area is 140 Å². The molecule has 0 radical (unpaired) electrons. The summed E-state index contributed by atoms with van der Waals surface area (Å²) in [5, 5.41) is 0. The van der Waals surface area contributed by atoms with Crippen LogP contribution in [0, 0.1) is 0 Å². The largest absolute Gasteiger partial charge is 0.463 e. The van der Waals surface area contributed by atoms with Crippen molar-refractivity contribution in [3.05, 3.63) is 47.2 Å². The Balaban J connectivity index is 2.29. The van der Waals surface area contributed by atoms with Crippen molar-refractivity contribution in [3.8, 4) is 0 Å². The Bertz CT molecular complexity index is 536. The molecule has 3 nitrogen and oxygen atoms in total. The lowest BCUT2D eigenvalue weighted by molar-refractivity contribution is -0.138. The molecule has 3 heteroatoms. The molecule has 0 spiro atoms. The van der Waals surface area contributed by atoms with E-state index >= 15 is 0 Å². The fourth-order valence-corrected chi connectivity index (χ4v) is 3.29. The summed E-state index contributed by atoms with van der Waals surface area (Å²) in [5.74, 6) is -0.122. The maximum absolute atomic E-state index is 12.4. The summed E-state index contributed by atoms with van der Waals surface area (Å²) in [6, 6.07) is 10.8. The summed E-state index contributed by atoms with van der Waals surface area (Å²) in [5.41, 5.74) is 3.40. The smallest absolute Gasteiger partial charge is 0.335 e. The van der Waals surface area contributed by atoms with Gasteiger partial charge < -0.3 is 9.64 Å². The van der Waals surface area contributed by atoms with Gasteiger partial charge in [0.05, 0.1) is 18.2 Å². The van der Waals surface area contributed by atoms with Gasteiger partial charge in [0, 0.05) is 12.2 Å². The minimum atomic E-state index is -0.122. The highest BCUT2D eigenvalue weighted by Gasteiger charge is 2.28. The molecule has 2 rings (SSSR count). The van der Waals surface area contributed by atoms with Crippen LogP contribution in [0.3, 0.4) is 0 Å². The summed E-state index contributed by atoms with van der Waals surface area (Å²) in [6.45, 7) is 7.71. The van der Waals surface area contributed by atoms with Gasteiger partial charge in [-0.3, -0.25) is 0 Å². The highest BCUT2D eigenvalue weighted by Crippen LogP contribution is 2.35. The van der Waals surface area contributed by atoms with Crippen LogP contribution in [-0.4, -0.2) is 24.0 Å². The molecule has 1 saturated heterocycles. The predicted octanol–water partition coefficient (Wildman–Crippen LogP) is 4.85. The molecule has 0 unspecified atom stereocenters. The number of esters is 1. The molecule has 0 aliphatic carbocycles. The molecule has 1 fully saturated rings. The van der Waals surface area contributed by atoms with Gasteiger partial charge >= 0.3 is 5.97 Å². The molecule has 0 bridgehead atoms. The van der Waals surface area contributed by atoms with Crippen LogP contribution in [-0.2, 0) is 9.53 Å². The molecular formula is C20H29NO2. The van der Waals surface area contributed by atoms with E-state index in [2.05, 4.69) is 43.0 Å². The minimum absolute atomic E-state index is 0.122. The number of ether oxygens (including phenoxy) is 1. The number of nitrogens with zero attached hydrogens (tertiary/aromatic N) is 1. The highest BCUT2D eigenvalue weighted by molar-refractivity contribution is 5.89. The van der Waals surface area contributed by atoms with E-state index in [1.165, 1.54) is 11.3 Å². The van der Waals surface area contributed by atoms with E-state index in [1.807, 2.05) is 13.0 Å². The van der Waals surface area contributed by atoms with E-state index in [-0.39, 0.29) is 5.97 Å². The van der Waals surface area contributed by atoms with Gasteiger partial charge in [0.25, 0.3) is 0 Å². The van der Waals surface area contributed by atoms with Gasteiger partial charge in [-0.15, -0.1) is 0 Å². The van der Waals surface area contributed by atoms with E-state index < -0.39 is 0 Å². The molecule has 0 N–H and O–H groups in total. The highest BCUT2D eigenvalue weighted by atomic mass is 16.5. The van der Waals surface area contributed by atoms with Gasteiger partial charge in [-0.2, -0.15) is 0 Å². The molecule has 1 atom stereocenters. The number of carbonyl (C=O) groups excluding carboxylic acids is 1. The maximum atomic E-state index is 12.4. The fraction of sp³-hybridized carbons (Fsp3) is 0.550. The molecule has 1 aromatic carbocycles. The quantitative estimate of drug-likeness (QED) is 0.532. The zero-order chi connectivity index (χ0) is 16.7. The molecule has 0 saturated carbocycles. The van der Waals surface area contributed by atoms with Crippen LogP contribution in [0.1, 0.15) is 64.5 Å². The minimum Gasteiger partial charge on any atom is -0.463 e. The van der Waals surface area contributed by atoms with Crippen molar-refractivity contribution in [1.29, 1.82) is 0 Å². The van der Waals surface area contributed by atoms with Crippen LogP contribution in [0.2, 0.25) is 0 Å². The molecule has 0 aromatic heterocycles. The van der Waals surface area contributed by atoms with Crippen LogP contribution in [0.5, 0.6) is 0 Å². The molecule has 0 amide bonds.